The molecule has 21 heavy (non-hydrogen) atoms. The van der Waals surface area contributed by atoms with E-state index in [1.165, 1.54) is 23.8 Å². The molecule has 3 rings (SSSR count). The van der Waals surface area contributed by atoms with Crippen molar-refractivity contribution in [3.8, 4) is 0 Å². The minimum absolute atomic E-state index is 0.213. The molecule has 2 atom stereocenters. The predicted octanol–water partition coefficient (Wildman–Crippen LogP) is 3.36. The highest BCUT2D eigenvalue weighted by Gasteiger charge is 2.44. The molecule has 0 saturated heterocycles. The van der Waals surface area contributed by atoms with Crippen LogP contribution in [-0.2, 0) is 11.8 Å². The number of aliphatic hydroxyl groups excluding tert-OH is 1. The minimum Gasteiger partial charge on any atom is -0.387 e. The lowest BCUT2D eigenvalue weighted by Gasteiger charge is -2.34. The fourth-order valence-electron chi connectivity index (χ4n) is 3.35. The third-order valence-corrected chi connectivity index (χ3v) is 4.77. The van der Waals surface area contributed by atoms with Gasteiger partial charge in [-0.3, -0.25) is 0 Å². The first-order valence-corrected chi connectivity index (χ1v) is 7.38. The number of nitrogens with two attached hydrogens (primary N) is 1. The van der Waals surface area contributed by atoms with Crippen LogP contribution in [0.4, 0.5) is 4.39 Å². The van der Waals surface area contributed by atoms with Crippen molar-refractivity contribution in [3.63, 3.8) is 0 Å². The zero-order valence-electron chi connectivity index (χ0n) is 11.5. The summed E-state index contributed by atoms with van der Waals surface area (Å²) in [6, 6.07) is 12.2. The summed E-state index contributed by atoms with van der Waals surface area (Å²) in [6.07, 6.45) is 0.535. The van der Waals surface area contributed by atoms with Gasteiger partial charge in [-0.05, 0) is 42.2 Å². The van der Waals surface area contributed by atoms with Crippen molar-refractivity contribution in [1.82, 2.24) is 0 Å². The van der Waals surface area contributed by atoms with E-state index < -0.39 is 17.3 Å². The molecule has 1 aliphatic carbocycles. The summed E-state index contributed by atoms with van der Waals surface area (Å²) in [5, 5.41) is 11.3. The van der Waals surface area contributed by atoms with Gasteiger partial charge in [0.05, 0.1) is 6.10 Å². The Labute approximate surface area is 128 Å². The third-order valence-electron chi connectivity index (χ3n) is 4.53. The molecule has 0 amide bonds. The number of rotatable bonds is 3. The van der Waals surface area contributed by atoms with Crippen molar-refractivity contribution in [2.24, 2.45) is 5.73 Å². The fourth-order valence-corrected chi connectivity index (χ4v) is 3.53. The van der Waals surface area contributed by atoms with E-state index in [4.69, 9.17) is 17.3 Å². The lowest BCUT2D eigenvalue weighted by Crippen LogP contribution is -2.39. The van der Waals surface area contributed by atoms with Crippen LogP contribution in [0.3, 0.4) is 0 Å². The zero-order valence-corrected chi connectivity index (χ0v) is 12.3. The van der Waals surface area contributed by atoms with E-state index in [1.54, 1.807) is 0 Å². The van der Waals surface area contributed by atoms with Crippen molar-refractivity contribution in [1.29, 1.82) is 0 Å². The Balaban J connectivity index is 2.11. The number of halogens is 2. The number of aliphatic hydroxyl groups is 1. The normalized spacial score (nSPS) is 22.1. The van der Waals surface area contributed by atoms with Crippen molar-refractivity contribution in [3.05, 3.63) is 70.0 Å². The quantitative estimate of drug-likeness (QED) is 0.913. The second-order valence-electron chi connectivity index (χ2n) is 5.59. The molecule has 2 unspecified atom stereocenters. The number of hydrogen-bond acceptors (Lipinski definition) is 2. The van der Waals surface area contributed by atoms with Crippen LogP contribution in [0.2, 0.25) is 5.02 Å². The SMILES string of the molecule is NCC1(C(O)c2cc(Cl)ccc2F)CCc2ccccc21. The van der Waals surface area contributed by atoms with E-state index >= 15 is 0 Å². The second-order valence-corrected chi connectivity index (χ2v) is 6.02. The van der Waals surface area contributed by atoms with E-state index in [0.717, 1.165) is 12.0 Å². The lowest BCUT2D eigenvalue weighted by molar-refractivity contribution is 0.0807. The van der Waals surface area contributed by atoms with Crippen LogP contribution in [0.1, 0.15) is 29.2 Å². The van der Waals surface area contributed by atoms with E-state index in [1.807, 2.05) is 24.3 Å². The van der Waals surface area contributed by atoms with Crippen LogP contribution in [0.5, 0.6) is 0 Å². The first-order chi connectivity index (χ1) is 10.1. The Kier molecular flexibility index (Phi) is 3.74. The van der Waals surface area contributed by atoms with E-state index in [9.17, 15) is 9.50 Å². The maximum atomic E-state index is 14.1. The van der Waals surface area contributed by atoms with Gasteiger partial charge in [0.2, 0.25) is 0 Å². The largest absolute Gasteiger partial charge is 0.387 e. The van der Waals surface area contributed by atoms with Crippen molar-refractivity contribution in [2.45, 2.75) is 24.4 Å². The molecule has 1 aliphatic rings. The first-order valence-electron chi connectivity index (χ1n) is 7.00. The highest BCUT2D eigenvalue weighted by atomic mass is 35.5. The molecule has 110 valence electrons. The Morgan fingerprint density at radius 3 is 2.81 bits per heavy atom. The average molecular weight is 306 g/mol. The molecular weight excluding hydrogens is 289 g/mol. The van der Waals surface area contributed by atoms with Crippen LogP contribution < -0.4 is 5.73 Å². The van der Waals surface area contributed by atoms with Crippen molar-refractivity contribution in [2.75, 3.05) is 6.54 Å². The molecule has 0 saturated carbocycles. The highest BCUT2D eigenvalue weighted by molar-refractivity contribution is 6.30. The van der Waals surface area contributed by atoms with Gasteiger partial charge in [0, 0.05) is 22.5 Å². The van der Waals surface area contributed by atoms with Crippen LogP contribution in [0.15, 0.2) is 42.5 Å². The van der Waals surface area contributed by atoms with E-state index in [0.29, 0.717) is 11.4 Å². The third kappa shape index (κ3) is 2.26. The van der Waals surface area contributed by atoms with Gasteiger partial charge in [0.1, 0.15) is 5.82 Å². The monoisotopic (exact) mass is 305 g/mol. The summed E-state index contributed by atoms with van der Waals surface area (Å²) in [4.78, 5) is 0. The molecule has 2 aromatic rings. The molecule has 0 aliphatic heterocycles. The van der Waals surface area contributed by atoms with Gasteiger partial charge in [0.15, 0.2) is 0 Å². The summed E-state index contributed by atoms with van der Waals surface area (Å²) < 4.78 is 14.1. The summed E-state index contributed by atoms with van der Waals surface area (Å²) >= 11 is 5.95. The summed E-state index contributed by atoms with van der Waals surface area (Å²) in [5.74, 6) is -0.455. The zero-order chi connectivity index (χ0) is 15.0. The number of aryl methyl sites for hydroxylation is 1. The molecule has 0 spiro atoms. The Morgan fingerprint density at radius 1 is 1.29 bits per heavy atom. The lowest BCUT2D eigenvalue weighted by atomic mass is 9.74. The summed E-state index contributed by atoms with van der Waals surface area (Å²) in [7, 11) is 0. The van der Waals surface area contributed by atoms with Gasteiger partial charge in [-0.15, -0.1) is 0 Å². The molecular formula is C17H17ClFNO. The van der Waals surface area contributed by atoms with Gasteiger partial charge < -0.3 is 10.8 Å². The van der Waals surface area contributed by atoms with E-state index in [2.05, 4.69) is 0 Å². The van der Waals surface area contributed by atoms with Crippen LogP contribution >= 0.6 is 11.6 Å². The Hall–Kier alpha value is -1.42. The van der Waals surface area contributed by atoms with Gasteiger partial charge in [0.25, 0.3) is 0 Å². The second kappa shape index (κ2) is 5.41. The molecule has 3 N–H and O–H groups in total. The number of hydrogen-bond donors (Lipinski definition) is 2. The van der Waals surface area contributed by atoms with Crippen LogP contribution in [-0.4, -0.2) is 11.7 Å². The highest BCUT2D eigenvalue weighted by Crippen LogP contribution is 2.47. The molecule has 0 heterocycles. The average Bonchev–Trinajstić information content (AvgIpc) is 2.89. The van der Waals surface area contributed by atoms with Crippen LogP contribution in [0.25, 0.3) is 0 Å². The number of benzene rings is 2. The first kappa shape index (κ1) is 14.5. The van der Waals surface area contributed by atoms with Gasteiger partial charge in [-0.1, -0.05) is 35.9 Å². The maximum Gasteiger partial charge on any atom is 0.129 e. The molecule has 0 fully saturated rings. The topological polar surface area (TPSA) is 46.2 Å². The Bertz CT molecular complexity index is 676. The molecule has 4 heteroatoms. The molecule has 2 nitrogen and oxygen atoms in total. The number of fused-ring (bicyclic) bond motifs is 1. The molecule has 2 aromatic carbocycles. The molecule has 0 aromatic heterocycles. The predicted molar refractivity (Wildman–Crippen MR) is 81.9 cm³/mol. The summed E-state index contributed by atoms with van der Waals surface area (Å²) in [6.45, 7) is 0.261. The van der Waals surface area contributed by atoms with Crippen molar-refractivity contribution < 1.29 is 9.50 Å². The fraction of sp³-hybridized carbons (Fsp3) is 0.294. The van der Waals surface area contributed by atoms with E-state index in [-0.39, 0.29) is 12.1 Å². The maximum absolute atomic E-state index is 14.1. The molecule has 0 radical (unpaired) electrons. The standard InChI is InChI=1S/C17H17ClFNO/c18-12-5-6-15(19)13(9-12)16(21)17(10-20)8-7-11-3-1-2-4-14(11)17/h1-6,9,16,21H,7-8,10,20H2. The Morgan fingerprint density at radius 2 is 2.05 bits per heavy atom. The van der Waals surface area contributed by atoms with Crippen molar-refractivity contribution >= 4 is 11.6 Å². The summed E-state index contributed by atoms with van der Waals surface area (Å²) in [5.41, 5.74) is 7.74. The minimum atomic E-state index is -1.01. The van der Waals surface area contributed by atoms with Gasteiger partial charge in [-0.25, -0.2) is 4.39 Å². The van der Waals surface area contributed by atoms with Gasteiger partial charge in [-0.2, -0.15) is 0 Å². The van der Waals surface area contributed by atoms with Crippen LogP contribution in [0, 0.1) is 5.82 Å². The molecule has 0 bridgehead atoms. The smallest absolute Gasteiger partial charge is 0.129 e. The van der Waals surface area contributed by atoms with Gasteiger partial charge >= 0.3 is 0 Å².